The van der Waals surface area contributed by atoms with Crippen LogP contribution in [0.5, 0.6) is 5.75 Å². The molecule has 0 spiro atoms. The summed E-state index contributed by atoms with van der Waals surface area (Å²) in [5.41, 5.74) is 1.88. The third-order valence-electron chi connectivity index (χ3n) is 3.10. The number of hydrogen-bond acceptors (Lipinski definition) is 3. The molecule has 22 heavy (non-hydrogen) atoms. The van der Waals surface area contributed by atoms with E-state index < -0.39 is 0 Å². The van der Waals surface area contributed by atoms with Gasteiger partial charge in [0.15, 0.2) is 4.99 Å². The summed E-state index contributed by atoms with van der Waals surface area (Å²) in [5.74, 6) is 0.426. The summed E-state index contributed by atoms with van der Waals surface area (Å²) in [6.07, 6.45) is 0.816. The van der Waals surface area contributed by atoms with Gasteiger partial charge in [-0.2, -0.15) is 0 Å². The Morgan fingerprint density at radius 2 is 1.77 bits per heavy atom. The maximum absolute atomic E-state index is 12.0. The van der Waals surface area contributed by atoms with E-state index in [1.165, 1.54) is 5.56 Å². The lowest BCUT2D eigenvalue weighted by molar-refractivity contribution is -0.110. The second-order valence-electron chi connectivity index (χ2n) is 4.67. The van der Waals surface area contributed by atoms with Gasteiger partial charge in [0.1, 0.15) is 5.75 Å². The monoisotopic (exact) mass is 314 g/mol. The van der Waals surface area contributed by atoms with Crippen LogP contribution in [0.15, 0.2) is 54.6 Å². The number of rotatable bonds is 5. The summed E-state index contributed by atoms with van der Waals surface area (Å²) < 4.78 is 5.07. The number of carbonyl (C=O) groups is 1. The number of methoxy groups -OCH3 is 1. The molecule has 0 radical (unpaired) electrons. The van der Waals surface area contributed by atoms with Crippen molar-refractivity contribution in [1.82, 2.24) is 5.32 Å². The van der Waals surface area contributed by atoms with Gasteiger partial charge in [-0.25, -0.2) is 0 Å². The van der Waals surface area contributed by atoms with Crippen LogP contribution >= 0.6 is 12.2 Å². The Hall–Kier alpha value is -2.40. The van der Waals surface area contributed by atoms with Gasteiger partial charge >= 0.3 is 0 Å². The number of ether oxygens (including phenoxy) is 1. The molecule has 0 bridgehead atoms. The number of anilines is 1. The summed E-state index contributed by atoms with van der Waals surface area (Å²) in [6.45, 7) is 0.624. The molecule has 0 saturated heterocycles. The van der Waals surface area contributed by atoms with Crippen LogP contribution < -0.4 is 15.4 Å². The Labute approximate surface area is 135 Å². The topological polar surface area (TPSA) is 50.4 Å². The van der Waals surface area contributed by atoms with E-state index in [0.717, 1.165) is 12.2 Å². The molecular formula is C17H18N2O2S. The number of hydrogen-bond donors (Lipinski definition) is 2. The first-order chi connectivity index (χ1) is 10.7. The predicted molar refractivity (Wildman–Crippen MR) is 92.4 cm³/mol. The van der Waals surface area contributed by atoms with Crippen molar-refractivity contribution in [3.8, 4) is 5.75 Å². The molecule has 2 N–H and O–H groups in total. The standard InChI is InChI=1S/C17H18N2O2S/c1-21-15-9-7-14(8-10-15)19-16(20)17(22)18-12-11-13-5-3-2-4-6-13/h2-10H,11-12H2,1H3,(H,18,22)(H,19,20). The minimum Gasteiger partial charge on any atom is -0.497 e. The van der Waals surface area contributed by atoms with Gasteiger partial charge in [-0.3, -0.25) is 4.79 Å². The maximum atomic E-state index is 12.0. The smallest absolute Gasteiger partial charge is 0.283 e. The van der Waals surface area contributed by atoms with E-state index in [9.17, 15) is 4.79 Å². The van der Waals surface area contributed by atoms with Gasteiger partial charge in [-0.15, -0.1) is 0 Å². The largest absolute Gasteiger partial charge is 0.497 e. The third kappa shape index (κ3) is 4.86. The Bertz CT molecular complexity index is 627. The van der Waals surface area contributed by atoms with Crippen molar-refractivity contribution in [2.24, 2.45) is 0 Å². The molecule has 0 atom stereocenters. The van der Waals surface area contributed by atoms with Gasteiger partial charge in [0.05, 0.1) is 7.11 Å². The van der Waals surface area contributed by atoms with Crippen molar-refractivity contribution >= 4 is 28.8 Å². The maximum Gasteiger partial charge on any atom is 0.283 e. The van der Waals surface area contributed by atoms with Gasteiger partial charge in [0.2, 0.25) is 0 Å². The van der Waals surface area contributed by atoms with Crippen LogP contribution in [0, 0.1) is 0 Å². The molecule has 0 saturated carbocycles. The second-order valence-corrected chi connectivity index (χ2v) is 5.08. The third-order valence-corrected chi connectivity index (χ3v) is 3.43. The molecule has 4 nitrogen and oxygen atoms in total. The Morgan fingerprint density at radius 3 is 2.41 bits per heavy atom. The molecule has 2 aromatic rings. The summed E-state index contributed by atoms with van der Waals surface area (Å²) in [4.78, 5) is 12.2. The number of benzene rings is 2. The average Bonchev–Trinajstić information content (AvgIpc) is 2.56. The van der Waals surface area contributed by atoms with Crippen molar-refractivity contribution in [1.29, 1.82) is 0 Å². The minimum absolute atomic E-state index is 0.187. The summed E-state index contributed by atoms with van der Waals surface area (Å²) in [6, 6.07) is 17.1. The first-order valence-corrected chi connectivity index (χ1v) is 7.37. The van der Waals surface area contributed by atoms with E-state index in [1.807, 2.05) is 30.3 Å². The molecule has 0 heterocycles. The van der Waals surface area contributed by atoms with Crippen LogP contribution in [-0.2, 0) is 11.2 Å². The average molecular weight is 314 g/mol. The summed E-state index contributed by atoms with van der Waals surface area (Å²) in [7, 11) is 1.60. The van der Waals surface area contributed by atoms with Gasteiger partial charge in [0.25, 0.3) is 5.91 Å². The molecule has 0 aromatic heterocycles. The van der Waals surface area contributed by atoms with Crippen molar-refractivity contribution in [3.05, 3.63) is 60.2 Å². The first kappa shape index (κ1) is 16.0. The molecule has 0 aliphatic rings. The zero-order valence-electron chi connectivity index (χ0n) is 12.3. The molecule has 0 fully saturated rings. The zero-order valence-corrected chi connectivity index (χ0v) is 13.2. The lowest BCUT2D eigenvalue weighted by atomic mass is 10.1. The summed E-state index contributed by atoms with van der Waals surface area (Å²) >= 11 is 5.09. The fraction of sp³-hybridized carbons (Fsp3) is 0.176. The van der Waals surface area contributed by atoms with Crippen LogP contribution in [0.1, 0.15) is 5.56 Å². The van der Waals surface area contributed by atoms with E-state index in [2.05, 4.69) is 10.6 Å². The molecule has 114 valence electrons. The molecule has 2 rings (SSSR count). The SMILES string of the molecule is COc1ccc(NC(=O)C(=S)NCCc2ccccc2)cc1. The van der Waals surface area contributed by atoms with Crippen molar-refractivity contribution in [2.45, 2.75) is 6.42 Å². The number of amides is 1. The van der Waals surface area contributed by atoms with Crippen molar-refractivity contribution in [2.75, 3.05) is 19.0 Å². The summed E-state index contributed by atoms with van der Waals surface area (Å²) in [5, 5.41) is 5.71. The molecule has 0 unspecified atom stereocenters. The Kier molecular flexibility index (Phi) is 5.91. The Morgan fingerprint density at radius 1 is 1.09 bits per heavy atom. The van der Waals surface area contributed by atoms with Crippen LogP contribution in [0.4, 0.5) is 5.69 Å². The number of thiocarbonyl (C=S) groups is 1. The number of carbonyl (C=O) groups excluding carboxylic acids is 1. The van der Waals surface area contributed by atoms with Gasteiger partial charge in [-0.05, 0) is 36.2 Å². The predicted octanol–water partition coefficient (Wildman–Crippen LogP) is 2.79. The molecule has 0 aliphatic heterocycles. The van der Waals surface area contributed by atoms with E-state index in [0.29, 0.717) is 12.2 Å². The van der Waals surface area contributed by atoms with Crippen molar-refractivity contribution in [3.63, 3.8) is 0 Å². The lowest BCUT2D eigenvalue weighted by Crippen LogP contribution is -2.34. The molecule has 5 heteroatoms. The number of nitrogens with one attached hydrogen (secondary N) is 2. The van der Waals surface area contributed by atoms with Crippen LogP contribution in [0.3, 0.4) is 0 Å². The highest BCUT2D eigenvalue weighted by Crippen LogP contribution is 2.14. The first-order valence-electron chi connectivity index (χ1n) is 6.96. The van der Waals surface area contributed by atoms with E-state index in [1.54, 1.807) is 31.4 Å². The molecule has 2 aromatic carbocycles. The van der Waals surface area contributed by atoms with Gasteiger partial charge in [-0.1, -0.05) is 42.5 Å². The van der Waals surface area contributed by atoms with Crippen LogP contribution in [0.2, 0.25) is 0 Å². The van der Waals surface area contributed by atoms with Crippen molar-refractivity contribution < 1.29 is 9.53 Å². The molecular weight excluding hydrogens is 296 g/mol. The normalized spacial score (nSPS) is 9.86. The van der Waals surface area contributed by atoms with E-state index in [4.69, 9.17) is 17.0 Å². The van der Waals surface area contributed by atoms with E-state index in [-0.39, 0.29) is 10.9 Å². The molecule has 0 aliphatic carbocycles. The highest BCUT2D eigenvalue weighted by Gasteiger charge is 2.08. The second kappa shape index (κ2) is 8.14. The molecule has 1 amide bonds. The van der Waals surface area contributed by atoms with Crippen LogP contribution in [-0.4, -0.2) is 24.6 Å². The van der Waals surface area contributed by atoms with E-state index >= 15 is 0 Å². The van der Waals surface area contributed by atoms with Crippen LogP contribution in [0.25, 0.3) is 0 Å². The highest BCUT2D eigenvalue weighted by atomic mass is 32.1. The fourth-order valence-electron chi connectivity index (χ4n) is 1.91. The van der Waals surface area contributed by atoms with Gasteiger partial charge < -0.3 is 15.4 Å². The minimum atomic E-state index is -0.312. The zero-order chi connectivity index (χ0) is 15.8. The fourth-order valence-corrected chi connectivity index (χ4v) is 2.06. The highest BCUT2D eigenvalue weighted by molar-refractivity contribution is 7.82. The Balaban J connectivity index is 1.78. The lowest BCUT2D eigenvalue weighted by Gasteiger charge is -2.09. The van der Waals surface area contributed by atoms with Gasteiger partial charge in [0, 0.05) is 12.2 Å². The quantitative estimate of drug-likeness (QED) is 0.833.